The van der Waals surface area contributed by atoms with E-state index in [0.29, 0.717) is 5.92 Å². The van der Waals surface area contributed by atoms with Crippen LogP contribution in [0.15, 0.2) is 34.2 Å². The van der Waals surface area contributed by atoms with Gasteiger partial charge in [-0.25, -0.2) is 12.8 Å². The van der Waals surface area contributed by atoms with E-state index in [2.05, 4.69) is 20.1 Å². The van der Waals surface area contributed by atoms with E-state index in [9.17, 15) is 12.8 Å². The van der Waals surface area contributed by atoms with Crippen LogP contribution in [-0.4, -0.2) is 76.2 Å². The van der Waals surface area contributed by atoms with E-state index in [0.717, 1.165) is 32.0 Å². The summed E-state index contributed by atoms with van der Waals surface area (Å²) in [6.07, 6.45) is 5.08. The lowest BCUT2D eigenvalue weighted by Crippen LogP contribution is -2.42. The minimum atomic E-state index is -3.67. The van der Waals surface area contributed by atoms with E-state index in [-0.39, 0.29) is 41.2 Å². The lowest BCUT2D eigenvalue weighted by Gasteiger charge is -2.29. The second-order valence-electron chi connectivity index (χ2n) is 7.69. The number of benzene rings is 1. The maximum Gasteiger partial charge on any atom is 0.193 e. The Morgan fingerprint density at radius 2 is 1.93 bits per heavy atom. The highest BCUT2D eigenvalue weighted by Gasteiger charge is 2.27. The molecule has 1 unspecified atom stereocenters. The fourth-order valence-electron chi connectivity index (χ4n) is 4.12. The number of guanidine groups is 1. The number of piperidine rings is 1. The van der Waals surface area contributed by atoms with E-state index in [1.807, 2.05) is 0 Å². The van der Waals surface area contributed by atoms with Crippen molar-refractivity contribution in [3.05, 3.63) is 30.1 Å². The predicted octanol–water partition coefficient (Wildman–Crippen LogP) is 2.60. The molecule has 9 heteroatoms. The number of likely N-dealkylation sites (tertiary alicyclic amines) is 2. The van der Waals surface area contributed by atoms with Crippen LogP contribution >= 0.6 is 24.0 Å². The molecule has 164 valence electrons. The fraction of sp³-hybridized carbons (Fsp3) is 0.650. The molecule has 1 aromatic carbocycles. The molecular formula is C20H32FIN4O2S. The van der Waals surface area contributed by atoms with Gasteiger partial charge in [-0.05, 0) is 50.4 Å². The Morgan fingerprint density at radius 3 is 2.62 bits per heavy atom. The smallest absolute Gasteiger partial charge is 0.193 e. The minimum Gasteiger partial charge on any atom is -0.355 e. The molecule has 3 rings (SSSR count). The number of sulfone groups is 1. The van der Waals surface area contributed by atoms with Crippen molar-refractivity contribution in [1.29, 1.82) is 0 Å². The van der Waals surface area contributed by atoms with Gasteiger partial charge in [0.15, 0.2) is 15.8 Å². The molecule has 1 atom stereocenters. The quantitative estimate of drug-likeness (QED) is 0.343. The Hall–Kier alpha value is -0.940. The molecule has 2 aliphatic heterocycles. The second kappa shape index (κ2) is 11.5. The first-order valence-corrected chi connectivity index (χ1v) is 11.8. The van der Waals surface area contributed by atoms with Crippen molar-refractivity contribution in [2.24, 2.45) is 10.9 Å². The van der Waals surface area contributed by atoms with E-state index in [4.69, 9.17) is 0 Å². The van der Waals surface area contributed by atoms with Gasteiger partial charge in [-0.3, -0.25) is 4.99 Å². The zero-order valence-electron chi connectivity index (χ0n) is 17.0. The summed E-state index contributed by atoms with van der Waals surface area (Å²) < 4.78 is 38.5. The summed E-state index contributed by atoms with van der Waals surface area (Å²) in [7, 11) is -1.95. The number of hydrogen-bond donors (Lipinski definition) is 1. The molecule has 1 aromatic rings. The van der Waals surface area contributed by atoms with Crippen LogP contribution in [0, 0.1) is 11.7 Å². The van der Waals surface area contributed by atoms with Crippen molar-refractivity contribution in [1.82, 2.24) is 15.1 Å². The minimum absolute atomic E-state index is 0. The molecule has 2 aliphatic rings. The van der Waals surface area contributed by atoms with Gasteiger partial charge in [-0.2, -0.15) is 0 Å². The molecule has 2 saturated heterocycles. The molecule has 0 aliphatic carbocycles. The topological polar surface area (TPSA) is 65.0 Å². The van der Waals surface area contributed by atoms with E-state index in [1.54, 1.807) is 7.05 Å². The van der Waals surface area contributed by atoms with Crippen LogP contribution in [0.25, 0.3) is 0 Å². The van der Waals surface area contributed by atoms with Crippen LogP contribution in [0.4, 0.5) is 4.39 Å². The molecule has 1 N–H and O–H groups in total. The summed E-state index contributed by atoms with van der Waals surface area (Å²) in [6, 6.07) is 5.51. The summed E-state index contributed by atoms with van der Waals surface area (Å²) in [4.78, 5) is 8.83. The number of nitrogens with zero attached hydrogens (tertiary/aromatic N) is 3. The number of halogens is 2. The summed E-state index contributed by atoms with van der Waals surface area (Å²) in [6.45, 7) is 5.62. The van der Waals surface area contributed by atoms with Gasteiger partial charge in [-0.15, -0.1) is 24.0 Å². The van der Waals surface area contributed by atoms with Gasteiger partial charge in [0.05, 0.1) is 5.75 Å². The maximum absolute atomic E-state index is 13.8. The normalized spacial score (nSPS) is 21.1. The first kappa shape index (κ1) is 24.3. The second-order valence-corrected chi connectivity index (χ2v) is 9.76. The van der Waals surface area contributed by atoms with Gasteiger partial charge in [0, 0.05) is 33.2 Å². The van der Waals surface area contributed by atoms with Crippen LogP contribution in [0.5, 0.6) is 0 Å². The largest absolute Gasteiger partial charge is 0.355 e. The van der Waals surface area contributed by atoms with Gasteiger partial charge in [0.25, 0.3) is 0 Å². The van der Waals surface area contributed by atoms with Crippen LogP contribution in [0.1, 0.15) is 25.7 Å². The highest BCUT2D eigenvalue weighted by atomic mass is 127. The van der Waals surface area contributed by atoms with Crippen molar-refractivity contribution in [3.8, 4) is 0 Å². The number of hydrogen-bond acceptors (Lipinski definition) is 4. The standard InChI is InChI=1S/C20H31FN4O2S.HI/c1-22-20(23-10-14-28(26,27)19-8-4-3-7-18(19)21)25-13-9-17(16-25)15-24-11-5-2-6-12-24;/h3-4,7-8,17H,2,5-6,9-16H2,1H3,(H,22,23);1H. The van der Waals surface area contributed by atoms with Crippen molar-refractivity contribution >= 4 is 39.8 Å². The van der Waals surface area contributed by atoms with Crippen molar-refractivity contribution in [3.63, 3.8) is 0 Å². The highest BCUT2D eigenvalue weighted by Crippen LogP contribution is 2.20. The Balaban J connectivity index is 0.00000300. The number of nitrogens with one attached hydrogen (secondary N) is 1. The predicted molar refractivity (Wildman–Crippen MR) is 125 cm³/mol. The van der Waals surface area contributed by atoms with E-state index < -0.39 is 15.7 Å². The first-order valence-electron chi connectivity index (χ1n) is 10.1. The zero-order valence-corrected chi connectivity index (χ0v) is 20.2. The summed E-state index contributed by atoms with van der Waals surface area (Å²) in [5.41, 5.74) is 0. The molecule has 6 nitrogen and oxygen atoms in total. The molecule has 2 fully saturated rings. The highest BCUT2D eigenvalue weighted by molar-refractivity contribution is 14.0. The van der Waals surface area contributed by atoms with Crippen LogP contribution < -0.4 is 5.32 Å². The lowest BCUT2D eigenvalue weighted by atomic mass is 10.1. The van der Waals surface area contributed by atoms with Gasteiger partial charge >= 0.3 is 0 Å². The van der Waals surface area contributed by atoms with Crippen LogP contribution in [0.3, 0.4) is 0 Å². The molecular weight excluding hydrogens is 506 g/mol. The van der Waals surface area contributed by atoms with Gasteiger partial charge < -0.3 is 15.1 Å². The summed E-state index contributed by atoms with van der Waals surface area (Å²) in [5, 5.41) is 3.14. The Kier molecular flexibility index (Phi) is 9.61. The molecule has 0 radical (unpaired) electrons. The van der Waals surface area contributed by atoms with Gasteiger partial charge in [0.1, 0.15) is 10.7 Å². The van der Waals surface area contributed by atoms with Crippen molar-refractivity contribution < 1.29 is 12.8 Å². The van der Waals surface area contributed by atoms with E-state index in [1.165, 1.54) is 56.6 Å². The molecule has 0 amide bonds. The summed E-state index contributed by atoms with van der Waals surface area (Å²) >= 11 is 0. The Bertz CT molecular complexity index is 784. The molecule has 0 saturated carbocycles. The molecule has 0 spiro atoms. The third-order valence-corrected chi connectivity index (χ3v) is 7.33. The van der Waals surface area contributed by atoms with E-state index >= 15 is 0 Å². The third kappa shape index (κ3) is 6.78. The van der Waals surface area contributed by atoms with Gasteiger partial charge in [0.2, 0.25) is 0 Å². The monoisotopic (exact) mass is 538 g/mol. The molecule has 0 aromatic heterocycles. The molecule has 0 bridgehead atoms. The summed E-state index contributed by atoms with van der Waals surface area (Å²) in [5.74, 6) is 0.480. The average Bonchev–Trinajstić information content (AvgIpc) is 3.14. The van der Waals surface area contributed by atoms with Crippen molar-refractivity contribution in [2.75, 3.05) is 52.1 Å². The molecule has 2 heterocycles. The van der Waals surface area contributed by atoms with Crippen molar-refractivity contribution in [2.45, 2.75) is 30.6 Å². The third-order valence-electron chi connectivity index (χ3n) is 5.59. The lowest BCUT2D eigenvalue weighted by molar-refractivity contribution is 0.198. The van der Waals surface area contributed by atoms with Crippen LogP contribution in [0.2, 0.25) is 0 Å². The molecule has 29 heavy (non-hydrogen) atoms. The zero-order chi connectivity index (χ0) is 20.0. The van der Waals surface area contributed by atoms with Gasteiger partial charge in [-0.1, -0.05) is 18.6 Å². The number of aliphatic imine (C=N–C) groups is 1. The first-order chi connectivity index (χ1) is 13.5. The van der Waals surface area contributed by atoms with Crippen LogP contribution in [-0.2, 0) is 9.84 Å². The SMILES string of the molecule is CN=C(NCCS(=O)(=O)c1ccccc1F)N1CCC(CN2CCCCC2)C1.I. The average molecular weight is 538 g/mol. The maximum atomic E-state index is 13.8. The number of rotatable bonds is 6. The Morgan fingerprint density at radius 1 is 1.21 bits per heavy atom. The Labute approximate surface area is 190 Å². The fourth-order valence-corrected chi connectivity index (χ4v) is 5.36.